The Kier molecular flexibility index (Phi) is 5.45. The molecular formula is C27H48N2O2Si2. The van der Waals surface area contributed by atoms with Crippen molar-refractivity contribution in [3.63, 3.8) is 0 Å². The average Bonchev–Trinajstić information content (AvgIpc) is 3.14. The summed E-state index contributed by atoms with van der Waals surface area (Å²) < 4.78 is 13.4. The van der Waals surface area contributed by atoms with Gasteiger partial charge in [0.1, 0.15) is 0 Å². The number of aromatic amines is 1. The Morgan fingerprint density at radius 1 is 0.879 bits per heavy atom. The fourth-order valence-corrected chi connectivity index (χ4v) is 11.4. The highest BCUT2D eigenvalue weighted by molar-refractivity contribution is 6.70. The van der Waals surface area contributed by atoms with E-state index in [1.807, 2.05) is 0 Å². The van der Waals surface area contributed by atoms with E-state index in [-0.39, 0.29) is 5.60 Å². The summed E-state index contributed by atoms with van der Waals surface area (Å²) in [6.07, 6.45) is 10.4. The fourth-order valence-electron chi connectivity index (χ4n) is 8.95. The van der Waals surface area contributed by atoms with Gasteiger partial charge in [-0.05, 0) is 132 Å². The minimum absolute atomic E-state index is 0.0630. The highest BCUT2D eigenvalue weighted by atomic mass is 28.4. The predicted octanol–water partition coefficient (Wildman–Crippen LogP) is 7.19. The van der Waals surface area contributed by atoms with Crippen molar-refractivity contribution in [3.05, 3.63) is 11.3 Å². The molecule has 186 valence electrons. The zero-order valence-corrected chi connectivity index (χ0v) is 24.7. The summed E-state index contributed by atoms with van der Waals surface area (Å²) in [7, 11) is -3.26. The van der Waals surface area contributed by atoms with Gasteiger partial charge in [0.15, 0.2) is 8.32 Å². The molecule has 0 radical (unpaired) electrons. The number of nitrogens with zero attached hydrogens (tertiary/aromatic N) is 1. The lowest BCUT2D eigenvalue weighted by Crippen LogP contribution is -2.58. The first-order valence-corrected chi connectivity index (χ1v) is 20.4. The van der Waals surface area contributed by atoms with E-state index in [1.54, 1.807) is 0 Å². The van der Waals surface area contributed by atoms with Crippen LogP contribution in [0.15, 0.2) is 0 Å². The zero-order valence-electron chi connectivity index (χ0n) is 22.7. The maximum absolute atomic E-state index is 6.98. The van der Waals surface area contributed by atoms with Gasteiger partial charge in [-0.1, -0.05) is 13.8 Å². The monoisotopic (exact) mass is 488 g/mol. The molecule has 3 fully saturated rings. The number of hydrogen-bond donors (Lipinski definition) is 1. The van der Waals surface area contributed by atoms with Crippen molar-refractivity contribution in [2.75, 3.05) is 0 Å². The van der Waals surface area contributed by atoms with Crippen LogP contribution in [0.5, 0.6) is 5.88 Å². The lowest BCUT2D eigenvalue weighted by Gasteiger charge is -2.61. The lowest BCUT2D eigenvalue weighted by molar-refractivity contribution is -0.133. The maximum Gasteiger partial charge on any atom is 0.244 e. The fraction of sp³-hybridized carbons (Fsp3) is 0.889. The number of H-pyrrole nitrogens is 1. The summed E-state index contributed by atoms with van der Waals surface area (Å²) in [6.45, 7) is 21.6. The van der Waals surface area contributed by atoms with Gasteiger partial charge in [0.25, 0.3) is 0 Å². The van der Waals surface area contributed by atoms with Crippen molar-refractivity contribution >= 4 is 16.6 Å². The quantitative estimate of drug-likeness (QED) is 0.456. The molecule has 1 N–H and O–H groups in total. The Morgan fingerprint density at radius 3 is 2.24 bits per heavy atom. The number of hydrogen-bond acceptors (Lipinski definition) is 3. The van der Waals surface area contributed by atoms with Gasteiger partial charge in [-0.15, -0.1) is 5.10 Å². The van der Waals surface area contributed by atoms with Crippen molar-refractivity contribution in [1.29, 1.82) is 0 Å². The van der Waals surface area contributed by atoms with Crippen LogP contribution in [-0.4, -0.2) is 32.4 Å². The second-order valence-electron chi connectivity index (χ2n) is 14.7. The van der Waals surface area contributed by atoms with Gasteiger partial charge >= 0.3 is 0 Å². The first kappa shape index (κ1) is 24.1. The predicted molar refractivity (Wildman–Crippen MR) is 141 cm³/mol. The van der Waals surface area contributed by atoms with E-state index in [0.717, 1.165) is 42.4 Å². The number of aromatic nitrogens is 2. The molecule has 0 spiro atoms. The summed E-state index contributed by atoms with van der Waals surface area (Å²) >= 11 is 0. The summed E-state index contributed by atoms with van der Waals surface area (Å²) in [5.41, 5.74) is 3.54. The SMILES string of the molecule is CC12Cc3c(O[Si](C)(C)C)n[nH]c3C[C@@H]1CCC1C2CCC2(C)C1CC[C@@]2(C)O[Si](C)(C)C. The molecule has 0 bridgehead atoms. The van der Waals surface area contributed by atoms with Crippen LogP contribution in [0.2, 0.25) is 39.3 Å². The third-order valence-electron chi connectivity index (χ3n) is 10.5. The zero-order chi connectivity index (χ0) is 24.0. The Bertz CT molecular complexity index is 918. The van der Waals surface area contributed by atoms with Gasteiger partial charge in [-0.2, -0.15) is 0 Å². The second kappa shape index (κ2) is 7.45. The standard InChI is InChI=1S/C27H48N2O2Si2/c1-25-17-20-23(28-29-24(20)30-32(4,5)6)16-18(25)10-11-19-21(25)12-14-26(2)22(19)13-15-27(26,3)31-33(7,8)9/h18-19,21-22H,10-17H2,1-9H3,(H,28,29)/t18-,19?,21?,22?,25?,26?,27+/m0/s1. The molecule has 33 heavy (non-hydrogen) atoms. The third-order valence-corrected chi connectivity index (χ3v) is 12.3. The maximum atomic E-state index is 6.98. The molecule has 4 aliphatic carbocycles. The third kappa shape index (κ3) is 3.81. The molecule has 0 saturated heterocycles. The number of nitrogens with one attached hydrogen (secondary N) is 1. The second-order valence-corrected chi connectivity index (χ2v) is 23.5. The average molecular weight is 489 g/mol. The Balaban J connectivity index is 1.43. The summed E-state index contributed by atoms with van der Waals surface area (Å²) in [4.78, 5) is 0. The number of rotatable bonds is 4. The smallest absolute Gasteiger partial charge is 0.244 e. The molecule has 1 aromatic rings. The summed E-state index contributed by atoms with van der Waals surface area (Å²) in [5.74, 6) is 4.20. The van der Waals surface area contributed by atoms with Crippen molar-refractivity contribution in [2.24, 2.45) is 34.5 Å². The summed E-state index contributed by atoms with van der Waals surface area (Å²) in [6, 6.07) is 0. The van der Waals surface area contributed by atoms with Gasteiger partial charge in [0.2, 0.25) is 14.2 Å². The first-order chi connectivity index (χ1) is 15.2. The van der Waals surface area contributed by atoms with E-state index >= 15 is 0 Å². The van der Waals surface area contributed by atoms with Crippen LogP contribution in [0.4, 0.5) is 0 Å². The van der Waals surface area contributed by atoms with Crippen LogP contribution < -0.4 is 4.43 Å². The van der Waals surface area contributed by atoms with E-state index in [9.17, 15) is 0 Å². The molecule has 1 heterocycles. The minimum atomic E-state index is -1.68. The molecule has 5 rings (SSSR count). The largest absolute Gasteiger partial charge is 0.530 e. The molecule has 7 atom stereocenters. The molecule has 6 heteroatoms. The first-order valence-electron chi connectivity index (χ1n) is 13.6. The molecule has 5 unspecified atom stereocenters. The van der Waals surface area contributed by atoms with Gasteiger partial charge in [-0.25, -0.2) is 0 Å². The van der Waals surface area contributed by atoms with E-state index < -0.39 is 16.6 Å². The van der Waals surface area contributed by atoms with Crippen LogP contribution in [-0.2, 0) is 17.3 Å². The molecule has 0 aromatic carbocycles. The highest BCUT2D eigenvalue weighted by Gasteiger charge is 2.64. The van der Waals surface area contributed by atoms with Crippen LogP contribution in [0.3, 0.4) is 0 Å². The van der Waals surface area contributed by atoms with Crippen molar-refractivity contribution in [3.8, 4) is 5.88 Å². The Labute approximate surface area is 204 Å². The van der Waals surface area contributed by atoms with E-state index in [0.29, 0.717) is 10.8 Å². The van der Waals surface area contributed by atoms with Crippen molar-refractivity contribution in [2.45, 2.75) is 117 Å². The summed E-state index contributed by atoms with van der Waals surface area (Å²) in [5, 5.41) is 8.05. The van der Waals surface area contributed by atoms with Crippen LogP contribution in [0, 0.1) is 34.5 Å². The Morgan fingerprint density at radius 2 is 1.58 bits per heavy atom. The van der Waals surface area contributed by atoms with Gasteiger partial charge < -0.3 is 8.85 Å². The highest BCUT2D eigenvalue weighted by Crippen LogP contribution is 2.68. The van der Waals surface area contributed by atoms with Gasteiger partial charge in [-0.3, -0.25) is 5.10 Å². The number of fused-ring (bicyclic) bond motifs is 6. The molecule has 1 aromatic heterocycles. The van der Waals surface area contributed by atoms with Crippen molar-refractivity contribution < 1.29 is 8.85 Å². The van der Waals surface area contributed by atoms with E-state index in [1.165, 1.54) is 49.8 Å². The van der Waals surface area contributed by atoms with E-state index in [4.69, 9.17) is 8.85 Å². The van der Waals surface area contributed by atoms with E-state index in [2.05, 4.69) is 70.3 Å². The molecule has 3 saturated carbocycles. The topological polar surface area (TPSA) is 47.1 Å². The van der Waals surface area contributed by atoms with Gasteiger partial charge in [0, 0.05) is 11.3 Å². The van der Waals surface area contributed by atoms with Crippen LogP contribution >= 0.6 is 0 Å². The van der Waals surface area contributed by atoms with Crippen molar-refractivity contribution in [1.82, 2.24) is 10.2 Å². The molecule has 4 nitrogen and oxygen atoms in total. The van der Waals surface area contributed by atoms with Gasteiger partial charge in [0.05, 0.1) is 5.60 Å². The molecule has 0 aliphatic heterocycles. The van der Waals surface area contributed by atoms with Crippen LogP contribution in [0.1, 0.15) is 70.6 Å². The molecular weight excluding hydrogens is 440 g/mol. The molecule has 0 amide bonds. The normalized spacial score (nSPS) is 42.8. The minimum Gasteiger partial charge on any atom is -0.530 e. The van der Waals surface area contributed by atoms with Crippen LogP contribution in [0.25, 0.3) is 0 Å². The molecule has 4 aliphatic rings. The Hall–Kier alpha value is -0.596. The lowest BCUT2D eigenvalue weighted by atomic mass is 9.44.